The van der Waals surface area contributed by atoms with Gasteiger partial charge in [-0.1, -0.05) is 23.7 Å². The first-order valence-corrected chi connectivity index (χ1v) is 5.13. The van der Waals surface area contributed by atoms with Crippen LogP contribution in [0.15, 0.2) is 33.5 Å². The average molecular weight is 274 g/mol. The molecule has 0 spiro atoms. The lowest BCUT2D eigenvalue weighted by atomic mass is 10.1. The molecular formula is C9H6BrClN2O. The summed E-state index contributed by atoms with van der Waals surface area (Å²) in [5, 5.41) is 4.34. The number of hydrogen-bond acceptors (Lipinski definition) is 3. The van der Waals surface area contributed by atoms with Crippen LogP contribution in [0.2, 0.25) is 5.02 Å². The van der Waals surface area contributed by atoms with Crippen LogP contribution in [-0.2, 0) is 6.42 Å². The van der Waals surface area contributed by atoms with Crippen LogP contribution in [0.4, 0.5) is 0 Å². The molecule has 0 bridgehead atoms. The van der Waals surface area contributed by atoms with Gasteiger partial charge in [0.05, 0.1) is 6.42 Å². The van der Waals surface area contributed by atoms with Gasteiger partial charge in [0.25, 0.3) is 0 Å². The molecule has 0 amide bonds. The van der Waals surface area contributed by atoms with Crippen LogP contribution in [0.3, 0.4) is 0 Å². The van der Waals surface area contributed by atoms with E-state index in [1.54, 1.807) is 0 Å². The number of halogens is 2. The highest BCUT2D eigenvalue weighted by molar-refractivity contribution is 9.10. The van der Waals surface area contributed by atoms with Crippen molar-refractivity contribution in [3.63, 3.8) is 0 Å². The van der Waals surface area contributed by atoms with Crippen LogP contribution in [0.5, 0.6) is 0 Å². The molecule has 72 valence electrons. The zero-order valence-corrected chi connectivity index (χ0v) is 9.42. The maximum absolute atomic E-state index is 5.84. The van der Waals surface area contributed by atoms with Crippen molar-refractivity contribution in [2.45, 2.75) is 6.42 Å². The molecule has 0 radical (unpaired) electrons. The third kappa shape index (κ3) is 2.33. The molecule has 0 aliphatic rings. The number of benzene rings is 1. The minimum absolute atomic E-state index is 0.467. The van der Waals surface area contributed by atoms with Crippen LogP contribution < -0.4 is 0 Å². The highest BCUT2D eigenvalue weighted by atomic mass is 79.9. The van der Waals surface area contributed by atoms with Crippen molar-refractivity contribution < 1.29 is 4.52 Å². The summed E-state index contributed by atoms with van der Waals surface area (Å²) in [6.45, 7) is 0. The third-order valence-electron chi connectivity index (χ3n) is 1.69. The van der Waals surface area contributed by atoms with Gasteiger partial charge in [-0.3, -0.25) is 0 Å². The van der Waals surface area contributed by atoms with Gasteiger partial charge in [0, 0.05) is 5.02 Å². The highest BCUT2D eigenvalue weighted by Crippen LogP contribution is 2.14. The van der Waals surface area contributed by atoms with Crippen LogP contribution in [-0.4, -0.2) is 10.1 Å². The molecule has 0 saturated heterocycles. The molecule has 2 aromatic rings. The summed E-state index contributed by atoms with van der Waals surface area (Å²) in [5.41, 5.74) is 1.05. The van der Waals surface area contributed by atoms with E-state index in [0.29, 0.717) is 22.1 Å². The lowest BCUT2D eigenvalue weighted by Gasteiger charge is -1.96. The molecule has 14 heavy (non-hydrogen) atoms. The second-order valence-electron chi connectivity index (χ2n) is 2.76. The Kier molecular flexibility index (Phi) is 2.84. The van der Waals surface area contributed by atoms with E-state index in [9.17, 15) is 0 Å². The fourth-order valence-corrected chi connectivity index (χ4v) is 1.61. The van der Waals surface area contributed by atoms with E-state index in [1.165, 1.54) is 0 Å². The summed E-state index contributed by atoms with van der Waals surface area (Å²) in [6.07, 6.45) is 0.596. The Labute approximate surface area is 94.2 Å². The van der Waals surface area contributed by atoms with E-state index in [4.69, 9.17) is 16.1 Å². The van der Waals surface area contributed by atoms with Crippen molar-refractivity contribution in [1.29, 1.82) is 0 Å². The van der Waals surface area contributed by atoms with Crippen molar-refractivity contribution in [2.24, 2.45) is 0 Å². The number of hydrogen-bond donors (Lipinski definition) is 0. The van der Waals surface area contributed by atoms with Crippen LogP contribution in [0.1, 0.15) is 11.5 Å². The van der Waals surface area contributed by atoms with Gasteiger partial charge < -0.3 is 4.52 Å². The first-order chi connectivity index (χ1) is 6.74. The smallest absolute Gasteiger partial charge is 0.238 e. The number of nitrogens with zero attached hydrogens (tertiary/aromatic N) is 2. The van der Waals surface area contributed by atoms with Crippen LogP contribution in [0, 0.1) is 0 Å². The summed E-state index contributed by atoms with van der Waals surface area (Å²) in [6, 6.07) is 7.56. The number of rotatable bonds is 2. The highest BCUT2D eigenvalue weighted by Gasteiger charge is 2.04. The summed E-state index contributed by atoms with van der Waals surface area (Å²) in [5.74, 6) is 0.569. The Balaban J connectivity index is 2.18. The fraction of sp³-hybridized carbons (Fsp3) is 0.111. The van der Waals surface area contributed by atoms with E-state index >= 15 is 0 Å². The maximum Gasteiger partial charge on any atom is 0.238 e. The van der Waals surface area contributed by atoms with Gasteiger partial charge in [-0.25, -0.2) is 0 Å². The Morgan fingerprint density at radius 1 is 1.43 bits per heavy atom. The average Bonchev–Trinajstić information content (AvgIpc) is 2.51. The molecule has 0 aliphatic heterocycles. The number of aromatic nitrogens is 2. The molecule has 3 nitrogen and oxygen atoms in total. The second kappa shape index (κ2) is 4.11. The molecule has 0 unspecified atom stereocenters. The molecule has 5 heteroatoms. The van der Waals surface area contributed by atoms with E-state index in [0.717, 1.165) is 5.56 Å². The zero-order chi connectivity index (χ0) is 9.97. The zero-order valence-electron chi connectivity index (χ0n) is 7.08. The summed E-state index contributed by atoms with van der Waals surface area (Å²) in [4.78, 5) is 4.03. The molecule has 0 saturated carbocycles. The van der Waals surface area contributed by atoms with Crippen LogP contribution in [0.25, 0.3) is 0 Å². The van der Waals surface area contributed by atoms with Crippen molar-refractivity contribution >= 4 is 27.5 Å². The Hall–Kier alpha value is -0.870. The van der Waals surface area contributed by atoms with E-state index < -0.39 is 0 Å². The Bertz CT molecular complexity index is 444. The minimum Gasteiger partial charge on any atom is -0.338 e. The first kappa shape index (κ1) is 9.68. The lowest BCUT2D eigenvalue weighted by Crippen LogP contribution is -1.87. The summed E-state index contributed by atoms with van der Waals surface area (Å²) in [7, 11) is 0. The minimum atomic E-state index is 0.467. The van der Waals surface area contributed by atoms with Gasteiger partial charge in [-0.05, 0) is 38.8 Å². The first-order valence-electron chi connectivity index (χ1n) is 3.96. The van der Waals surface area contributed by atoms with Crippen molar-refractivity contribution in [2.75, 3.05) is 0 Å². The molecule has 0 fully saturated rings. The molecular weight excluding hydrogens is 267 g/mol. The monoisotopic (exact) mass is 272 g/mol. The van der Waals surface area contributed by atoms with Crippen molar-refractivity contribution in [1.82, 2.24) is 10.1 Å². The van der Waals surface area contributed by atoms with Gasteiger partial charge >= 0.3 is 0 Å². The predicted molar refractivity (Wildman–Crippen MR) is 56.3 cm³/mol. The molecule has 1 heterocycles. The van der Waals surface area contributed by atoms with E-state index in [1.807, 2.05) is 24.3 Å². The lowest BCUT2D eigenvalue weighted by molar-refractivity contribution is 0.381. The molecule has 1 aromatic carbocycles. The molecule has 1 aromatic heterocycles. The SMILES string of the molecule is Clc1cccc(Cc2nc(Br)no2)c1. The Morgan fingerprint density at radius 2 is 2.29 bits per heavy atom. The fourth-order valence-electron chi connectivity index (χ4n) is 1.13. The predicted octanol–water partition coefficient (Wildman–Crippen LogP) is 3.08. The van der Waals surface area contributed by atoms with Crippen molar-refractivity contribution in [3.05, 3.63) is 45.5 Å². The third-order valence-corrected chi connectivity index (χ3v) is 2.24. The molecule has 0 aliphatic carbocycles. The van der Waals surface area contributed by atoms with Gasteiger partial charge in [0.2, 0.25) is 10.6 Å². The van der Waals surface area contributed by atoms with Gasteiger partial charge in [0.1, 0.15) is 0 Å². The topological polar surface area (TPSA) is 38.9 Å². The standard InChI is InChI=1S/C9H6BrClN2O/c10-9-12-8(14-13-9)5-6-2-1-3-7(11)4-6/h1-4H,5H2. The van der Waals surface area contributed by atoms with Gasteiger partial charge in [0.15, 0.2) is 0 Å². The largest absolute Gasteiger partial charge is 0.338 e. The van der Waals surface area contributed by atoms with E-state index in [2.05, 4.69) is 26.1 Å². The molecule has 0 N–H and O–H groups in total. The van der Waals surface area contributed by atoms with Gasteiger partial charge in [-0.2, -0.15) is 4.98 Å². The molecule has 2 rings (SSSR count). The summed E-state index contributed by atoms with van der Waals surface area (Å²) >= 11 is 8.96. The Morgan fingerprint density at radius 3 is 2.93 bits per heavy atom. The second-order valence-corrected chi connectivity index (χ2v) is 3.91. The maximum atomic E-state index is 5.84. The summed E-state index contributed by atoms with van der Waals surface area (Å²) < 4.78 is 5.42. The molecule has 0 atom stereocenters. The quantitative estimate of drug-likeness (QED) is 0.844. The van der Waals surface area contributed by atoms with Gasteiger partial charge in [-0.15, -0.1) is 0 Å². The van der Waals surface area contributed by atoms with Crippen LogP contribution >= 0.6 is 27.5 Å². The normalized spacial score (nSPS) is 10.4. The van der Waals surface area contributed by atoms with E-state index in [-0.39, 0.29) is 0 Å². The van der Waals surface area contributed by atoms with Crippen molar-refractivity contribution in [3.8, 4) is 0 Å².